The molecule has 5 rings (SSSR count). The Balaban J connectivity index is 1.59. The maximum Gasteiger partial charge on any atom is 0.261 e. The third-order valence-corrected chi connectivity index (χ3v) is 7.13. The summed E-state index contributed by atoms with van der Waals surface area (Å²) in [6, 6.07) is 8.24. The fourth-order valence-corrected chi connectivity index (χ4v) is 5.60. The largest absolute Gasteiger partial charge is 0.490 e. The molecule has 5 heteroatoms. The molecule has 140 valence electrons. The van der Waals surface area contributed by atoms with E-state index >= 15 is 0 Å². The highest BCUT2D eigenvalue weighted by molar-refractivity contribution is 7.21. The summed E-state index contributed by atoms with van der Waals surface area (Å²) in [7, 11) is 0. The fourth-order valence-electron chi connectivity index (χ4n) is 4.58. The first-order valence-corrected chi connectivity index (χ1v) is 10.4. The second kappa shape index (κ2) is 6.54. The molecule has 0 radical (unpaired) electrons. The summed E-state index contributed by atoms with van der Waals surface area (Å²) < 4.78 is 6.97. The van der Waals surface area contributed by atoms with Crippen molar-refractivity contribution in [3.05, 3.63) is 29.1 Å². The predicted octanol–water partition coefficient (Wildman–Crippen LogP) is 4.29. The number of carbonyl (C=O) groups excluding carboxylic acids is 1. The molecule has 1 amide bonds. The average Bonchev–Trinajstić information content (AvgIpc) is 3.03. The number of amides is 1. The quantitative estimate of drug-likeness (QED) is 0.870. The van der Waals surface area contributed by atoms with Gasteiger partial charge in [-0.2, -0.15) is 0 Å². The van der Waals surface area contributed by atoms with Crippen LogP contribution in [0.25, 0.3) is 10.1 Å². The predicted molar refractivity (Wildman–Crippen MR) is 107 cm³/mol. The van der Waals surface area contributed by atoms with Crippen LogP contribution in [0.3, 0.4) is 0 Å². The molecule has 2 aromatic rings. The molecule has 1 N–H and O–H groups in total. The Morgan fingerprint density at radius 2 is 2.04 bits per heavy atom. The van der Waals surface area contributed by atoms with Gasteiger partial charge in [-0.25, -0.2) is 0 Å². The van der Waals surface area contributed by atoms with Crippen molar-refractivity contribution in [2.75, 3.05) is 13.1 Å². The first-order chi connectivity index (χ1) is 12.4. The Labute approximate surface area is 159 Å². The molecule has 1 aromatic heterocycles. The topological polar surface area (TPSA) is 41.6 Å². The van der Waals surface area contributed by atoms with Crippen molar-refractivity contribution in [3.63, 3.8) is 0 Å². The van der Waals surface area contributed by atoms with Gasteiger partial charge in [-0.3, -0.25) is 9.69 Å². The number of ether oxygens (including phenoxy) is 1. The second-order valence-electron chi connectivity index (χ2n) is 8.38. The maximum absolute atomic E-state index is 13.0. The van der Waals surface area contributed by atoms with E-state index in [0.717, 1.165) is 33.8 Å². The van der Waals surface area contributed by atoms with E-state index in [4.69, 9.17) is 4.74 Å². The minimum Gasteiger partial charge on any atom is -0.490 e. The molecule has 1 unspecified atom stereocenters. The van der Waals surface area contributed by atoms with E-state index in [0.29, 0.717) is 5.92 Å². The van der Waals surface area contributed by atoms with Gasteiger partial charge in [0.1, 0.15) is 5.75 Å². The van der Waals surface area contributed by atoms with Crippen LogP contribution in [-0.4, -0.2) is 41.6 Å². The first-order valence-electron chi connectivity index (χ1n) is 9.61. The molecule has 3 aliphatic heterocycles. The summed E-state index contributed by atoms with van der Waals surface area (Å²) in [5.74, 6) is 1.51. The van der Waals surface area contributed by atoms with Gasteiger partial charge in [0.2, 0.25) is 0 Å². The summed E-state index contributed by atoms with van der Waals surface area (Å²) in [5.41, 5.74) is 0.0272. The van der Waals surface area contributed by atoms with Gasteiger partial charge >= 0.3 is 0 Å². The number of piperidine rings is 3. The van der Waals surface area contributed by atoms with Crippen LogP contribution in [0.5, 0.6) is 5.75 Å². The van der Waals surface area contributed by atoms with Crippen LogP contribution in [0.15, 0.2) is 24.3 Å². The highest BCUT2D eigenvalue weighted by Gasteiger charge is 2.48. The lowest BCUT2D eigenvalue weighted by Crippen LogP contribution is -2.69. The summed E-state index contributed by atoms with van der Waals surface area (Å²) in [5, 5.41) is 4.44. The van der Waals surface area contributed by atoms with Gasteiger partial charge in [0, 0.05) is 11.6 Å². The standard InChI is InChI=1S/C21H28N2O2S/c1-13(2)25-16-7-5-6-15-12-17(26-18(15)16)20(24)22-19-14-8-10-23(11-9-14)21(19,3)4/h5-7,12-14,19H,8-11H2,1-4H3,(H,22,24). The van der Waals surface area contributed by atoms with Crippen molar-refractivity contribution < 1.29 is 9.53 Å². The average molecular weight is 373 g/mol. The zero-order valence-corrected chi connectivity index (χ0v) is 16.9. The van der Waals surface area contributed by atoms with Crippen LogP contribution >= 0.6 is 11.3 Å². The van der Waals surface area contributed by atoms with Gasteiger partial charge in [0.15, 0.2) is 0 Å². The lowest BCUT2D eigenvalue weighted by molar-refractivity contribution is -0.0377. The number of fused-ring (bicyclic) bond motifs is 4. The molecule has 2 bridgehead atoms. The van der Waals surface area contributed by atoms with Gasteiger partial charge in [0.25, 0.3) is 5.91 Å². The molecule has 4 nitrogen and oxygen atoms in total. The van der Waals surface area contributed by atoms with E-state index in [-0.39, 0.29) is 23.6 Å². The smallest absolute Gasteiger partial charge is 0.261 e. The number of nitrogens with one attached hydrogen (secondary N) is 1. The van der Waals surface area contributed by atoms with Crippen molar-refractivity contribution in [1.29, 1.82) is 0 Å². The SMILES string of the molecule is CC(C)Oc1cccc2cc(C(=O)NC3C4CCN(CC4)C3(C)C)sc12. The lowest BCUT2D eigenvalue weighted by Gasteiger charge is -2.56. The molecule has 1 aromatic carbocycles. The maximum atomic E-state index is 13.0. The lowest BCUT2D eigenvalue weighted by atomic mass is 9.72. The van der Waals surface area contributed by atoms with E-state index in [1.165, 1.54) is 24.2 Å². The Bertz CT molecular complexity index is 819. The van der Waals surface area contributed by atoms with Crippen LogP contribution in [0, 0.1) is 5.92 Å². The van der Waals surface area contributed by atoms with E-state index < -0.39 is 0 Å². The van der Waals surface area contributed by atoms with E-state index in [2.05, 4.69) is 24.1 Å². The summed E-state index contributed by atoms with van der Waals surface area (Å²) in [6.45, 7) is 10.9. The van der Waals surface area contributed by atoms with Gasteiger partial charge in [0.05, 0.1) is 15.7 Å². The number of thiophene rings is 1. The molecule has 3 fully saturated rings. The Kier molecular flexibility index (Phi) is 4.48. The van der Waals surface area contributed by atoms with Crippen LogP contribution in [0.4, 0.5) is 0 Å². The van der Waals surface area contributed by atoms with E-state index in [9.17, 15) is 4.79 Å². The second-order valence-corrected chi connectivity index (χ2v) is 9.43. The number of hydrogen-bond acceptors (Lipinski definition) is 4. The van der Waals surface area contributed by atoms with Crippen molar-refractivity contribution >= 4 is 27.3 Å². The number of carbonyl (C=O) groups is 1. The number of benzene rings is 1. The molecule has 0 saturated carbocycles. The number of rotatable bonds is 4. The minimum atomic E-state index is 0.0272. The molecule has 4 heterocycles. The molecule has 0 spiro atoms. The summed E-state index contributed by atoms with van der Waals surface area (Å²) in [6.07, 6.45) is 2.49. The monoisotopic (exact) mass is 372 g/mol. The van der Waals surface area contributed by atoms with Crippen molar-refractivity contribution in [2.45, 2.75) is 58.2 Å². The van der Waals surface area contributed by atoms with Crippen molar-refractivity contribution in [1.82, 2.24) is 10.2 Å². The summed E-state index contributed by atoms with van der Waals surface area (Å²) >= 11 is 1.53. The molecule has 1 atom stereocenters. The van der Waals surface area contributed by atoms with Crippen LogP contribution < -0.4 is 10.1 Å². The van der Waals surface area contributed by atoms with Crippen molar-refractivity contribution in [2.24, 2.45) is 5.92 Å². The molecule has 3 saturated heterocycles. The highest BCUT2D eigenvalue weighted by atomic mass is 32.1. The fraction of sp³-hybridized carbons (Fsp3) is 0.571. The Morgan fingerprint density at radius 3 is 2.69 bits per heavy atom. The molecule has 26 heavy (non-hydrogen) atoms. The van der Waals surface area contributed by atoms with Gasteiger partial charge in [-0.1, -0.05) is 12.1 Å². The van der Waals surface area contributed by atoms with E-state index in [1.54, 1.807) is 0 Å². The van der Waals surface area contributed by atoms with Gasteiger partial charge in [-0.15, -0.1) is 11.3 Å². The minimum absolute atomic E-state index is 0.0272. The highest BCUT2D eigenvalue weighted by Crippen LogP contribution is 2.40. The van der Waals surface area contributed by atoms with Crippen LogP contribution in [0.1, 0.15) is 50.2 Å². The zero-order chi connectivity index (χ0) is 18.5. The van der Waals surface area contributed by atoms with E-state index in [1.807, 2.05) is 38.1 Å². The Hall–Kier alpha value is -1.59. The third kappa shape index (κ3) is 3.01. The number of nitrogens with zero attached hydrogens (tertiary/aromatic N) is 1. The Morgan fingerprint density at radius 1 is 1.31 bits per heavy atom. The first kappa shape index (κ1) is 17.8. The van der Waals surface area contributed by atoms with Crippen LogP contribution in [-0.2, 0) is 0 Å². The van der Waals surface area contributed by atoms with Gasteiger partial charge in [-0.05, 0) is 77.1 Å². The molecular weight excluding hydrogens is 344 g/mol. The zero-order valence-electron chi connectivity index (χ0n) is 16.0. The van der Waals surface area contributed by atoms with Gasteiger partial charge < -0.3 is 10.1 Å². The molecular formula is C21H28N2O2S. The summed E-state index contributed by atoms with van der Waals surface area (Å²) in [4.78, 5) is 16.3. The van der Waals surface area contributed by atoms with Crippen molar-refractivity contribution in [3.8, 4) is 5.75 Å². The van der Waals surface area contributed by atoms with Crippen LogP contribution in [0.2, 0.25) is 0 Å². The molecule has 3 aliphatic rings. The third-order valence-electron chi connectivity index (χ3n) is 5.97. The molecule has 0 aliphatic carbocycles. The normalized spacial score (nSPS) is 27.0. The number of hydrogen-bond donors (Lipinski definition) is 1.